The highest BCUT2D eigenvalue weighted by atomic mass is 16.6. The van der Waals surface area contributed by atoms with Crippen LogP contribution in [0.2, 0.25) is 0 Å². The summed E-state index contributed by atoms with van der Waals surface area (Å²) in [6, 6.07) is 0. The summed E-state index contributed by atoms with van der Waals surface area (Å²) in [7, 11) is 0. The molecule has 3 N–H and O–H groups in total. The number of hydrogen-bond donors (Lipinski definition) is 3. The predicted molar refractivity (Wildman–Crippen MR) is 123 cm³/mol. The van der Waals surface area contributed by atoms with Crippen LogP contribution in [0.5, 0.6) is 0 Å². The first-order valence-corrected chi connectivity index (χ1v) is 13.3. The van der Waals surface area contributed by atoms with Gasteiger partial charge in [-0.3, -0.25) is 0 Å². The van der Waals surface area contributed by atoms with Gasteiger partial charge in [0.15, 0.2) is 0 Å². The van der Waals surface area contributed by atoms with Gasteiger partial charge in [0.25, 0.3) is 5.79 Å². The van der Waals surface area contributed by atoms with Gasteiger partial charge in [-0.05, 0) is 112 Å². The zero-order chi connectivity index (χ0) is 23.5. The molecule has 4 fully saturated rings. The molecule has 5 nitrogen and oxygen atoms in total. The monoisotopic (exact) mass is 450 g/mol. The Balaban J connectivity index is 1.52. The van der Waals surface area contributed by atoms with Crippen molar-refractivity contribution in [3.05, 3.63) is 0 Å². The zero-order valence-electron chi connectivity index (χ0n) is 20.8. The summed E-state index contributed by atoms with van der Waals surface area (Å²) in [5.41, 5.74) is 0.578. The molecule has 5 heteroatoms. The van der Waals surface area contributed by atoms with E-state index in [0.29, 0.717) is 11.3 Å². The van der Waals surface area contributed by atoms with Crippen molar-refractivity contribution in [2.45, 2.75) is 117 Å². The van der Waals surface area contributed by atoms with Crippen molar-refractivity contribution >= 4 is 5.97 Å². The lowest BCUT2D eigenvalue weighted by Crippen LogP contribution is -2.57. The highest BCUT2D eigenvalue weighted by Gasteiger charge is 2.61. The Kier molecular flexibility index (Phi) is 6.53. The van der Waals surface area contributed by atoms with Gasteiger partial charge >= 0.3 is 5.97 Å². The largest absolute Gasteiger partial charge is 0.459 e. The molecule has 0 aromatic heterocycles. The number of rotatable bonds is 5. The molecule has 0 heterocycles. The maximum absolute atomic E-state index is 12.3. The first-order valence-electron chi connectivity index (χ1n) is 13.3. The summed E-state index contributed by atoms with van der Waals surface area (Å²) in [5, 5.41) is 31.9. The number of fused-ring (bicyclic) bond motifs is 5. The van der Waals surface area contributed by atoms with E-state index in [0.717, 1.165) is 37.0 Å². The lowest BCUT2D eigenvalue weighted by atomic mass is 9.44. The summed E-state index contributed by atoms with van der Waals surface area (Å²) in [5.74, 6) is -1.15. The summed E-state index contributed by atoms with van der Waals surface area (Å²) in [6.45, 7) is 10.2. The van der Waals surface area contributed by atoms with Crippen molar-refractivity contribution in [3.8, 4) is 0 Å². The van der Waals surface area contributed by atoms with Gasteiger partial charge < -0.3 is 20.1 Å². The van der Waals surface area contributed by atoms with Gasteiger partial charge in [-0.15, -0.1) is 0 Å². The van der Waals surface area contributed by atoms with Gasteiger partial charge in [-0.25, -0.2) is 4.79 Å². The van der Waals surface area contributed by atoms with Crippen LogP contribution in [0.3, 0.4) is 0 Å². The van der Waals surface area contributed by atoms with E-state index in [1.54, 1.807) is 13.8 Å². The molecule has 0 aromatic carbocycles. The normalized spacial score (nSPS) is 43.7. The first kappa shape index (κ1) is 24.5. The smallest absolute Gasteiger partial charge is 0.369 e. The van der Waals surface area contributed by atoms with E-state index in [1.807, 2.05) is 6.92 Å². The first-order chi connectivity index (χ1) is 14.9. The van der Waals surface area contributed by atoms with Gasteiger partial charge in [0.1, 0.15) is 6.10 Å². The van der Waals surface area contributed by atoms with Gasteiger partial charge in [0.05, 0.1) is 6.10 Å². The highest BCUT2D eigenvalue weighted by molar-refractivity contribution is 5.78. The number of ether oxygens (including phenoxy) is 1. The van der Waals surface area contributed by atoms with E-state index in [9.17, 15) is 20.1 Å². The van der Waals surface area contributed by atoms with Crippen molar-refractivity contribution in [3.63, 3.8) is 0 Å². The minimum Gasteiger partial charge on any atom is -0.459 e. The number of aliphatic hydroxyl groups excluding tert-OH is 1. The second-order valence-corrected chi connectivity index (χ2v) is 12.6. The van der Waals surface area contributed by atoms with Gasteiger partial charge in [0.2, 0.25) is 0 Å². The number of carbonyl (C=O) groups excluding carboxylic acids is 1. The molecule has 0 radical (unpaired) electrons. The molecule has 4 aliphatic rings. The average Bonchev–Trinajstić information content (AvgIpc) is 3.08. The van der Waals surface area contributed by atoms with Crippen LogP contribution < -0.4 is 0 Å². The van der Waals surface area contributed by atoms with Gasteiger partial charge in [0, 0.05) is 0 Å². The molecule has 32 heavy (non-hydrogen) atoms. The zero-order valence-corrected chi connectivity index (χ0v) is 20.8. The molecule has 0 saturated heterocycles. The van der Waals surface area contributed by atoms with Crippen LogP contribution in [0.25, 0.3) is 0 Å². The predicted octanol–water partition coefficient (Wildman–Crippen LogP) is 4.66. The lowest BCUT2D eigenvalue weighted by molar-refractivity contribution is -0.255. The maximum atomic E-state index is 12.3. The number of aliphatic hydroxyl groups is 3. The van der Waals surface area contributed by atoms with E-state index in [-0.39, 0.29) is 11.3 Å². The van der Waals surface area contributed by atoms with Crippen LogP contribution in [0.1, 0.15) is 98.8 Å². The Bertz CT molecular complexity index is 704. The molecule has 4 saturated carbocycles. The fourth-order valence-corrected chi connectivity index (χ4v) is 9.21. The Hall–Kier alpha value is -0.650. The standard InChI is InChI=1S/C27H46O5/c1-16(2)32-24(29)27(30,31)23(28)17(3)20-11-12-21-19-10-9-18-8-6-7-14-25(18,4)22(19)13-15-26(20,21)5/h16-23,28,30-31H,6-15H2,1-5H3/t17?,18-,19-,20+,21-,22-,23?,25-,26+/m0/s1. The molecule has 9 atom stereocenters. The van der Waals surface area contributed by atoms with Crippen LogP contribution in [0, 0.1) is 46.3 Å². The molecule has 0 aromatic rings. The summed E-state index contributed by atoms with van der Waals surface area (Å²) in [6.07, 6.45) is 10.8. The van der Waals surface area contributed by atoms with E-state index in [4.69, 9.17) is 4.74 Å². The topological polar surface area (TPSA) is 87.0 Å². The maximum Gasteiger partial charge on any atom is 0.369 e. The third kappa shape index (κ3) is 3.75. The van der Waals surface area contributed by atoms with Gasteiger partial charge in [-0.1, -0.05) is 33.6 Å². The van der Waals surface area contributed by atoms with Gasteiger partial charge in [-0.2, -0.15) is 0 Å². The van der Waals surface area contributed by atoms with Crippen LogP contribution in [-0.2, 0) is 9.53 Å². The number of esters is 1. The molecule has 0 spiro atoms. The van der Waals surface area contributed by atoms with Crippen LogP contribution in [0.15, 0.2) is 0 Å². The third-order valence-corrected chi connectivity index (χ3v) is 10.8. The second kappa shape index (κ2) is 8.53. The average molecular weight is 451 g/mol. The molecular weight excluding hydrogens is 404 g/mol. The second-order valence-electron chi connectivity index (χ2n) is 12.6. The summed E-state index contributed by atoms with van der Waals surface area (Å²) >= 11 is 0. The van der Waals surface area contributed by atoms with Crippen molar-refractivity contribution in [2.75, 3.05) is 0 Å². The van der Waals surface area contributed by atoms with Crippen LogP contribution in [0.4, 0.5) is 0 Å². The number of hydrogen-bond acceptors (Lipinski definition) is 5. The quantitative estimate of drug-likeness (QED) is 0.419. The Morgan fingerprint density at radius 3 is 2.28 bits per heavy atom. The van der Waals surface area contributed by atoms with E-state index >= 15 is 0 Å². The van der Waals surface area contributed by atoms with E-state index in [1.165, 1.54) is 44.9 Å². The molecule has 4 rings (SSSR count). The third-order valence-electron chi connectivity index (χ3n) is 10.8. The van der Waals surface area contributed by atoms with Crippen molar-refractivity contribution in [1.82, 2.24) is 0 Å². The molecular formula is C27H46O5. The van der Waals surface area contributed by atoms with Crippen molar-refractivity contribution in [2.24, 2.45) is 46.3 Å². The number of carbonyl (C=O) groups is 1. The van der Waals surface area contributed by atoms with Crippen molar-refractivity contribution < 1.29 is 24.9 Å². The molecule has 184 valence electrons. The van der Waals surface area contributed by atoms with Crippen LogP contribution in [-0.4, -0.2) is 39.3 Å². The SMILES string of the molecule is CC(C)OC(=O)C(O)(O)C(O)C(C)[C@H]1CC[C@H]2[C@@H]3CC[C@@H]4CCCC[C@]4(C)[C@H]3CC[C@]12C. The minimum atomic E-state index is -2.87. The summed E-state index contributed by atoms with van der Waals surface area (Å²) < 4.78 is 5.01. The van der Waals surface area contributed by atoms with Crippen molar-refractivity contribution in [1.29, 1.82) is 0 Å². The minimum absolute atomic E-state index is 0.0808. The fraction of sp³-hybridized carbons (Fsp3) is 0.963. The van der Waals surface area contributed by atoms with E-state index < -0.39 is 29.9 Å². The Morgan fingerprint density at radius 2 is 1.59 bits per heavy atom. The molecule has 0 amide bonds. The molecule has 0 aliphatic heterocycles. The molecule has 0 bridgehead atoms. The lowest BCUT2D eigenvalue weighted by Gasteiger charge is -2.61. The van der Waals surface area contributed by atoms with Crippen LogP contribution >= 0.6 is 0 Å². The summed E-state index contributed by atoms with van der Waals surface area (Å²) in [4.78, 5) is 12.3. The Labute approximate surface area is 194 Å². The Morgan fingerprint density at radius 1 is 0.906 bits per heavy atom. The fourth-order valence-electron chi connectivity index (χ4n) is 9.21. The molecule has 2 unspecified atom stereocenters. The molecule has 4 aliphatic carbocycles. The van der Waals surface area contributed by atoms with E-state index in [2.05, 4.69) is 13.8 Å². The highest BCUT2D eigenvalue weighted by Crippen LogP contribution is 2.68.